The first-order valence-electron chi connectivity index (χ1n) is 11.4. The molecular formula is C28H22N4O4. The molecule has 5 rings (SSSR count). The number of anilines is 2. The molecule has 2 unspecified atom stereocenters. The van der Waals surface area contributed by atoms with Crippen molar-refractivity contribution in [1.29, 1.82) is 0 Å². The molecule has 0 N–H and O–H groups in total. The molecule has 0 spiro atoms. The van der Waals surface area contributed by atoms with E-state index in [-0.39, 0.29) is 11.1 Å². The molecule has 0 radical (unpaired) electrons. The first-order valence-corrected chi connectivity index (χ1v) is 11.4. The van der Waals surface area contributed by atoms with Crippen LogP contribution in [0, 0.1) is 11.8 Å². The van der Waals surface area contributed by atoms with Crippen molar-refractivity contribution in [3.63, 3.8) is 0 Å². The van der Waals surface area contributed by atoms with Gasteiger partial charge in [-0.15, -0.1) is 0 Å². The number of carbonyl (C=O) groups is 4. The topological polar surface area (TPSA) is 99.5 Å². The summed E-state index contributed by atoms with van der Waals surface area (Å²) in [5.41, 5.74) is 1.91. The lowest BCUT2D eigenvalue weighted by atomic mass is 9.85. The van der Waals surface area contributed by atoms with Crippen molar-refractivity contribution in [2.45, 2.75) is 13.8 Å². The van der Waals surface area contributed by atoms with Crippen LogP contribution in [0.25, 0.3) is 0 Å². The van der Waals surface area contributed by atoms with E-state index in [0.717, 1.165) is 0 Å². The van der Waals surface area contributed by atoms with Crippen LogP contribution in [0.15, 0.2) is 95.1 Å². The van der Waals surface area contributed by atoms with Crippen molar-refractivity contribution in [2.24, 2.45) is 22.0 Å². The predicted molar refractivity (Wildman–Crippen MR) is 136 cm³/mol. The minimum atomic E-state index is -1.16. The lowest BCUT2D eigenvalue weighted by Crippen LogP contribution is -2.35. The van der Waals surface area contributed by atoms with Crippen molar-refractivity contribution in [2.75, 3.05) is 10.0 Å². The molecule has 0 aliphatic carbocycles. The van der Waals surface area contributed by atoms with Gasteiger partial charge in [0.15, 0.2) is 11.6 Å². The molecule has 0 saturated carbocycles. The van der Waals surface area contributed by atoms with Gasteiger partial charge in [0.2, 0.25) is 0 Å². The van der Waals surface area contributed by atoms with E-state index in [1.807, 2.05) is 12.1 Å². The normalized spacial score (nSPS) is 19.4. The first kappa shape index (κ1) is 23.0. The lowest BCUT2D eigenvalue weighted by Gasteiger charge is -2.17. The zero-order chi connectivity index (χ0) is 25.4. The Labute approximate surface area is 207 Å². The molecule has 0 aromatic heterocycles. The summed E-state index contributed by atoms with van der Waals surface area (Å²) in [5, 5.41) is 11.0. The molecule has 3 aromatic carbocycles. The Morgan fingerprint density at radius 3 is 1.28 bits per heavy atom. The minimum absolute atomic E-state index is 0.0732. The molecule has 8 nitrogen and oxygen atoms in total. The Balaban J connectivity index is 1.45. The Hall–Kier alpha value is -4.72. The molecule has 0 fully saturated rings. The van der Waals surface area contributed by atoms with Crippen molar-refractivity contribution in [3.8, 4) is 0 Å². The second-order valence-electron chi connectivity index (χ2n) is 8.59. The van der Waals surface area contributed by atoms with Crippen LogP contribution >= 0.6 is 0 Å². The number of rotatable bonds is 6. The van der Waals surface area contributed by atoms with Gasteiger partial charge in [0.25, 0.3) is 11.8 Å². The summed E-state index contributed by atoms with van der Waals surface area (Å²) >= 11 is 0. The van der Waals surface area contributed by atoms with E-state index in [4.69, 9.17) is 0 Å². The summed E-state index contributed by atoms with van der Waals surface area (Å²) < 4.78 is 0. The van der Waals surface area contributed by atoms with Crippen LogP contribution in [0.2, 0.25) is 0 Å². The number of amides is 2. The molecule has 2 atom stereocenters. The van der Waals surface area contributed by atoms with Gasteiger partial charge >= 0.3 is 0 Å². The third-order valence-electron chi connectivity index (χ3n) is 6.25. The number of hydrogen-bond donors (Lipinski definition) is 0. The highest BCUT2D eigenvalue weighted by Crippen LogP contribution is 2.30. The smallest absolute Gasteiger partial charge is 0.264 e. The Morgan fingerprint density at radius 1 is 0.583 bits per heavy atom. The van der Waals surface area contributed by atoms with Crippen LogP contribution in [0.3, 0.4) is 0 Å². The number of carbonyl (C=O) groups excluding carboxylic acids is 4. The third kappa shape index (κ3) is 3.82. The molecule has 2 amide bonds. The number of Topliss-reactive ketones (excluding diaryl/α,β-unsaturated/α-hetero) is 2. The van der Waals surface area contributed by atoms with Crippen LogP contribution in [0.5, 0.6) is 0 Å². The monoisotopic (exact) mass is 478 g/mol. The van der Waals surface area contributed by atoms with E-state index in [9.17, 15) is 19.2 Å². The Morgan fingerprint density at radius 2 is 0.917 bits per heavy atom. The second-order valence-corrected chi connectivity index (χ2v) is 8.59. The second kappa shape index (κ2) is 9.14. The van der Waals surface area contributed by atoms with Gasteiger partial charge in [0.1, 0.15) is 11.8 Å². The number of ketones is 2. The molecule has 0 bridgehead atoms. The fraction of sp³-hybridized carbons (Fsp3) is 0.143. The van der Waals surface area contributed by atoms with Gasteiger partial charge in [-0.2, -0.15) is 20.2 Å². The SMILES string of the molecule is CC1=NN(c2ccccc2)C(=O)C1C(=O)c1ccccc1C(=O)C1C(=O)N(c2ccccc2)N=C1C. The number of benzene rings is 3. The third-order valence-corrected chi connectivity index (χ3v) is 6.25. The summed E-state index contributed by atoms with van der Waals surface area (Å²) in [4.78, 5) is 53.7. The number of nitrogens with zero attached hydrogens (tertiary/aromatic N) is 4. The number of hydrogen-bond acceptors (Lipinski definition) is 6. The molecule has 36 heavy (non-hydrogen) atoms. The van der Waals surface area contributed by atoms with E-state index in [2.05, 4.69) is 10.2 Å². The molecule has 8 heteroatoms. The largest absolute Gasteiger partial charge is 0.293 e. The van der Waals surface area contributed by atoms with Crippen molar-refractivity contribution < 1.29 is 19.2 Å². The maximum Gasteiger partial charge on any atom is 0.264 e. The average molecular weight is 479 g/mol. The summed E-state index contributed by atoms with van der Waals surface area (Å²) in [6, 6.07) is 23.9. The van der Waals surface area contributed by atoms with E-state index < -0.39 is 35.2 Å². The van der Waals surface area contributed by atoms with Crippen molar-refractivity contribution in [1.82, 2.24) is 0 Å². The van der Waals surface area contributed by atoms with Crippen LogP contribution in [0.4, 0.5) is 11.4 Å². The van der Waals surface area contributed by atoms with Crippen LogP contribution in [-0.2, 0) is 9.59 Å². The maximum atomic E-state index is 13.6. The molecule has 2 aliphatic heterocycles. The van der Waals surface area contributed by atoms with Gasteiger partial charge < -0.3 is 0 Å². The van der Waals surface area contributed by atoms with E-state index >= 15 is 0 Å². The highest BCUT2D eigenvalue weighted by molar-refractivity contribution is 6.35. The van der Waals surface area contributed by atoms with Crippen molar-refractivity contribution >= 4 is 46.2 Å². The Bertz CT molecular complexity index is 1340. The summed E-state index contributed by atoms with van der Waals surface area (Å²) in [6.07, 6.45) is 0. The maximum absolute atomic E-state index is 13.6. The van der Waals surface area contributed by atoms with E-state index in [1.165, 1.54) is 22.2 Å². The summed E-state index contributed by atoms with van der Waals surface area (Å²) in [5.74, 6) is -4.37. The highest BCUT2D eigenvalue weighted by Gasteiger charge is 2.44. The molecule has 0 saturated heterocycles. The lowest BCUT2D eigenvalue weighted by molar-refractivity contribution is -0.119. The van der Waals surface area contributed by atoms with Gasteiger partial charge in [0.05, 0.1) is 22.8 Å². The van der Waals surface area contributed by atoms with Gasteiger partial charge in [-0.05, 0) is 38.1 Å². The zero-order valence-corrected chi connectivity index (χ0v) is 19.7. The van der Waals surface area contributed by atoms with E-state index in [1.54, 1.807) is 74.5 Å². The minimum Gasteiger partial charge on any atom is -0.293 e. The average Bonchev–Trinajstić information content (AvgIpc) is 3.38. The van der Waals surface area contributed by atoms with Crippen LogP contribution in [0.1, 0.15) is 34.6 Å². The van der Waals surface area contributed by atoms with Gasteiger partial charge in [-0.1, -0.05) is 60.7 Å². The zero-order valence-electron chi connectivity index (χ0n) is 19.7. The molecular weight excluding hydrogens is 456 g/mol. The van der Waals surface area contributed by atoms with Crippen molar-refractivity contribution in [3.05, 3.63) is 96.1 Å². The fourth-order valence-corrected chi connectivity index (χ4v) is 4.47. The number of para-hydroxylation sites is 2. The van der Waals surface area contributed by atoms with Crippen LogP contribution < -0.4 is 10.0 Å². The molecule has 178 valence electrons. The standard InChI is InChI=1S/C28H22N4O4/c1-17-23(27(35)31(29-17)19-11-5-3-6-12-19)25(33)21-15-9-10-16-22(21)26(34)24-18(2)30-32(28(24)36)20-13-7-4-8-14-20/h3-16,23-24H,1-2H3. The van der Waals surface area contributed by atoms with Gasteiger partial charge in [-0.3, -0.25) is 19.2 Å². The van der Waals surface area contributed by atoms with Gasteiger partial charge in [-0.25, -0.2) is 0 Å². The highest BCUT2D eigenvalue weighted by atomic mass is 16.2. The van der Waals surface area contributed by atoms with Crippen LogP contribution in [-0.4, -0.2) is 34.8 Å². The Kier molecular flexibility index (Phi) is 5.85. The molecule has 3 aromatic rings. The summed E-state index contributed by atoms with van der Waals surface area (Å²) in [6.45, 7) is 3.23. The number of hydrazone groups is 2. The molecule has 2 heterocycles. The van der Waals surface area contributed by atoms with Gasteiger partial charge in [0, 0.05) is 11.1 Å². The first-order chi connectivity index (χ1) is 17.4. The fourth-order valence-electron chi connectivity index (χ4n) is 4.47. The summed E-state index contributed by atoms with van der Waals surface area (Å²) in [7, 11) is 0. The van der Waals surface area contributed by atoms with E-state index in [0.29, 0.717) is 22.8 Å². The predicted octanol–water partition coefficient (Wildman–Crippen LogP) is 4.13. The quantitative estimate of drug-likeness (QED) is 0.393. The molecule has 2 aliphatic rings.